The van der Waals surface area contributed by atoms with Crippen LogP contribution >= 0.6 is 11.3 Å². The third kappa shape index (κ3) is 2.60. The first-order valence-electron chi connectivity index (χ1n) is 6.55. The fourth-order valence-corrected chi connectivity index (χ4v) is 2.88. The largest absolute Gasteiger partial charge is 0.372 e. The van der Waals surface area contributed by atoms with E-state index >= 15 is 0 Å². The molecule has 0 fully saturated rings. The fraction of sp³-hybridized carbons (Fsp3) is 0.286. The van der Waals surface area contributed by atoms with Gasteiger partial charge in [0.15, 0.2) is 11.5 Å². The Morgan fingerprint density at radius 1 is 1.45 bits per heavy atom. The van der Waals surface area contributed by atoms with Gasteiger partial charge in [0.1, 0.15) is 5.82 Å². The van der Waals surface area contributed by atoms with Crippen molar-refractivity contribution >= 4 is 28.6 Å². The second-order valence-electron chi connectivity index (χ2n) is 4.76. The molecular weight excluding hydrogens is 270 g/mol. The highest BCUT2D eigenvalue weighted by molar-refractivity contribution is 7.07. The zero-order valence-corrected chi connectivity index (χ0v) is 12.3. The molecule has 3 heterocycles. The van der Waals surface area contributed by atoms with Crippen molar-refractivity contribution in [2.24, 2.45) is 0 Å². The highest BCUT2D eigenvalue weighted by atomic mass is 32.1. The van der Waals surface area contributed by atoms with Crippen molar-refractivity contribution in [3.8, 4) is 0 Å². The summed E-state index contributed by atoms with van der Waals surface area (Å²) < 4.78 is 1.97. The molecule has 6 heteroatoms. The Bertz CT molecular complexity index is 689. The molecule has 0 radical (unpaired) electrons. The van der Waals surface area contributed by atoms with Crippen LogP contribution in [0.1, 0.15) is 12.5 Å². The number of hydrogen-bond acceptors (Lipinski definition) is 5. The summed E-state index contributed by atoms with van der Waals surface area (Å²) in [5, 5.41) is 10.8. The molecule has 3 aromatic heterocycles. The number of nitrogens with one attached hydrogen (secondary N) is 2. The molecule has 1 unspecified atom stereocenters. The lowest BCUT2D eigenvalue weighted by atomic mass is 10.1. The van der Waals surface area contributed by atoms with Crippen molar-refractivity contribution in [1.29, 1.82) is 0 Å². The fourth-order valence-electron chi connectivity index (χ4n) is 2.20. The molecule has 0 saturated heterocycles. The third-order valence-electron chi connectivity index (χ3n) is 3.14. The van der Waals surface area contributed by atoms with E-state index in [1.165, 1.54) is 5.56 Å². The summed E-state index contributed by atoms with van der Waals surface area (Å²) in [6.45, 7) is 2.16. The molecule has 0 amide bonds. The maximum absolute atomic E-state index is 4.56. The van der Waals surface area contributed by atoms with Crippen LogP contribution in [0.4, 0.5) is 11.6 Å². The van der Waals surface area contributed by atoms with Gasteiger partial charge in [0.05, 0.1) is 6.20 Å². The lowest BCUT2D eigenvalue weighted by Crippen LogP contribution is -2.19. The Morgan fingerprint density at radius 3 is 3.10 bits per heavy atom. The van der Waals surface area contributed by atoms with Crippen LogP contribution in [-0.2, 0) is 6.42 Å². The molecule has 0 spiro atoms. The molecule has 3 rings (SSSR count). The van der Waals surface area contributed by atoms with Gasteiger partial charge in [-0.25, -0.2) is 9.97 Å². The van der Waals surface area contributed by atoms with E-state index in [0.717, 1.165) is 23.7 Å². The molecule has 1 atom stereocenters. The average molecular weight is 287 g/mol. The molecule has 0 aliphatic heterocycles. The zero-order chi connectivity index (χ0) is 13.9. The van der Waals surface area contributed by atoms with Crippen LogP contribution in [0.3, 0.4) is 0 Å². The predicted octanol–water partition coefficient (Wildman–Crippen LogP) is 2.88. The van der Waals surface area contributed by atoms with Gasteiger partial charge in [-0.15, -0.1) is 0 Å². The van der Waals surface area contributed by atoms with Gasteiger partial charge in [-0.2, -0.15) is 11.3 Å². The molecule has 0 saturated carbocycles. The van der Waals surface area contributed by atoms with Crippen LogP contribution in [0.25, 0.3) is 5.65 Å². The summed E-state index contributed by atoms with van der Waals surface area (Å²) >= 11 is 1.73. The minimum atomic E-state index is 0.296. The normalized spacial score (nSPS) is 12.5. The Labute approximate surface area is 121 Å². The first-order valence-corrected chi connectivity index (χ1v) is 7.49. The molecule has 5 nitrogen and oxygen atoms in total. The Hall–Kier alpha value is -2.08. The minimum Gasteiger partial charge on any atom is -0.372 e. The highest BCUT2D eigenvalue weighted by Gasteiger charge is 2.10. The summed E-state index contributed by atoms with van der Waals surface area (Å²) in [6.07, 6.45) is 6.61. The van der Waals surface area contributed by atoms with Crippen molar-refractivity contribution in [3.05, 3.63) is 41.0 Å². The van der Waals surface area contributed by atoms with Gasteiger partial charge < -0.3 is 15.0 Å². The molecular formula is C14H17N5S. The number of aromatic nitrogens is 3. The Morgan fingerprint density at radius 2 is 2.35 bits per heavy atom. The van der Waals surface area contributed by atoms with Gasteiger partial charge in [-0.3, -0.25) is 0 Å². The van der Waals surface area contributed by atoms with Crippen LogP contribution in [0.2, 0.25) is 0 Å². The van der Waals surface area contributed by atoms with E-state index in [4.69, 9.17) is 0 Å². The van der Waals surface area contributed by atoms with Gasteiger partial charge >= 0.3 is 0 Å². The summed E-state index contributed by atoms with van der Waals surface area (Å²) in [6, 6.07) is 2.45. The molecule has 20 heavy (non-hydrogen) atoms. The van der Waals surface area contributed by atoms with Crippen LogP contribution in [0.5, 0.6) is 0 Å². The summed E-state index contributed by atoms with van der Waals surface area (Å²) in [5.74, 6) is 1.63. The standard InChI is InChI=1S/C14H17N5S/c1-10(7-11-3-6-20-9-11)17-13-14-16-4-5-19(14)8-12(15-2)18-13/h3-6,8-10,15H,7H2,1-2H3,(H,17,18). The van der Waals surface area contributed by atoms with Gasteiger partial charge in [-0.05, 0) is 35.7 Å². The Balaban J connectivity index is 1.84. The van der Waals surface area contributed by atoms with Crippen LogP contribution in [-0.4, -0.2) is 27.5 Å². The lowest BCUT2D eigenvalue weighted by molar-refractivity contribution is 0.786. The van der Waals surface area contributed by atoms with Crippen molar-refractivity contribution in [2.45, 2.75) is 19.4 Å². The number of nitrogens with zero attached hydrogens (tertiary/aromatic N) is 3. The molecule has 2 N–H and O–H groups in total. The smallest absolute Gasteiger partial charge is 0.180 e. The quantitative estimate of drug-likeness (QED) is 0.757. The first-order chi connectivity index (χ1) is 9.76. The molecule has 3 aromatic rings. The first kappa shape index (κ1) is 12.9. The number of fused-ring (bicyclic) bond motifs is 1. The summed E-state index contributed by atoms with van der Waals surface area (Å²) in [7, 11) is 1.86. The lowest BCUT2D eigenvalue weighted by Gasteiger charge is -2.15. The van der Waals surface area contributed by atoms with Crippen LogP contribution < -0.4 is 10.6 Å². The van der Waals surface area contributed by atoms with E-state index in [2.05, 4.69) is 44.4 Å². The minimum absolute atomic E-state index is 0.296. The van der Waals surface area contributed by atoms with Gasteiger partial charge in [0.25, 0.3) is 0 Å². The predicted molar refractivity (Wildman–Crippen MR) is 83.6 cm³/mol. The average Bonchev–Trinajstić information content (AvgIpc) is 3.09. The topological polar surface area (TPSA) is 54.2 Å². The van der Waals surface area contributed by atoms with Gasteiger partial charge in [0.2, 0.25) is 0 Å². The summed E-state index contributed by atoms with van der Waals surface area (Å²) in [4.78, 5) is 8.91. The number of anilines is 2. The number of rotatable bonds is 5. The highest BCUT2D eigenvalue weighted by Crippen LogP contribution is 2.18. The van der Waals surface area contributed by atoms with E-state index in [0.29, 0.717) is 6.04 Å². The molecule has 0 bridgehead atoms. The van der Waals surface area contributed by atoms with E-state index < -0.39 is 0 Å². The maximum atomic E-state index is 4.56. The van der Waals surface area contributed by atoms with E-state index in [1.54, 1.807) is 17.5 Å². The second-order valence-corrected chi connectivity index (χ2v) is 5.54. The monoisotopic (exact) mass is 287 g/mol. The maximum Gasteiger partial charge on any atom is 0.180 e. The molecule has 0 aromatic carbocycles. The molecule has 0 aliphatic carbocycles. The number of thiophene rings is 1. The second kappa shape index (κ2) is 5.50. The number of hydrogen-bond donors (Lipinski definition) is 2. The van der Waals surface area contributed by atoms with Gasteiger partial charge in [0, 0.05) is 25.5 Å². The Kier molecular flexibility index (Phi) is 3.56. The van der Waals surface area contributed by atoms with Crippen LogP contribution in [0, 0.1) is 0 Å². The van der Waals surface area contributed by atoms with E-state index in [-0.39, 0.29) is 0 Å². The molecule has 0 aliphatic rings. The summed E-state index contributed by atoms with van der Waals surface area (Å²) in [5.41, 5.74) is 2.19. The molecule has 104 valence electrons. The SMILES string of the molecule is CNc1cn2ccnc2c(NC(C)Cc2ccsc2)n1. The van der Waals surface area contributed by atoms with E-state index in [9.17, 15) is 0 Å². The van der Waals surface area contributed by atoms with E-state index in [1.807, 2.05) is 23.8 Å². The van der Waals surface area contributed by atoms with Crippen molar-refractivity contribution in [2.75, 3.05) is 17.7 Å². The van der Waals surface area contributed by atoms with Crippen molar-refractivity contribution in [3.63, 3.8) is 0 Å². The van der Waals surface area contributed by atoms with Crippen molar-refractivity contribution < 1.29 is 0 Å². The zero-order valence-electron chi connectivity index (χ0n) is 11.5. The third-order valence-corrected chi connectivity index (χ3v) is 3.87. The van der Waals surface area contributed by atoms with Crippen molar-refractivity contribution in [1.82, 2.24) is 14.4 Å². The number of imidazole rings is 1. The van der Waals surface area contributed by atoms with Gasteiger partial charge in [-0.1, -0.05) is 0 Å². The van der Waals surface area contributed by atoms with Crippen LogP contribution in [0.15, 0.2) is 35.4 Å².